The smallest absolute Gasteiger partial charge is 0.339 e. The van der Waals surface area contributed by atoms with Gasteiger partial charge in [0.05, 0.1) is 24.6 Å². The molecule has 3 aromatic heterocycles. The molecule has 3 heterocycles. The lowest BCUT2D eigenvalue weighted by Gasteiger charge is -2.13. The average molecular weight is 417 g/mol. The maximum Gasteiger partial charge on any atom is 0.339 e. The Labute approximate surface area is 177 Å². The summed E-state index contributed by atoms with van der Waals surface area (Å²) in [5, 5.41) is 12.9. The number of methoxy groups -OCH3 is 1. The number of nitrogens with zero attached hydrogens (tertiary/aromatic N) is 4. The van der Waals surface area contributed by atoms with Gasteiger partial charge in [-0.2, -0.15) is 0 Å². The molecule has 0 aliphatic carbocycles. The number of hydrogen-bond acceptors (Lipinski definition) is 7. The molecule has 0 saturated carbocycles. The van der Waals surface area contributed by atoms with E-state index in [0.29, 0.717) is 34.5 Å². The fraction of sp³-hybridized carbons (Fsp3) is 0.136. The fourth-order valence-corrected chi connectivity index (χ4v) is 3.21. The highest BCUT2D eigenvalue weighted by atomic mass is 16.5. The summed E-state index contributed by atoms with van der Waals surface area (Å²) >= 11 is 0. The number of rotatable bonds is 6. The number of aromatic nitrogens is 4. The van der Waals surface area contributed by atoms with Gasteiger partial charge in [-0.1, -0.05) is 6.07 Å². The van der Waals surface area contributed by atoms with Crippen molar-refractivity contribution < 1.29 is 14.6 Å². The van der Waals surface area contributed by atoms with Gasteiger partial charge in [-0.25, -0.2) is 14.8 Å². The Morgan fingerprint density at radius 3 is 2.68 bits per heavy atom. The Bertz CT molecular complexity index is 1340. The number of carboxylic acid groups (broad SMARTS) is 1. The second-order valence-electron chi connectivity index (χ2n) is 6.84. The van der Waals surface area contributed by atoms with Crippen LogP contribution in [0.3, 0.4) is 0 Å². The summed E-state index contributed by atoms with van der Waals surface area (Å²) in [5.74, 6) is -0.478. The number of carbonyl (C=O) groups is 1. The zero-order valence-corrected chi connectivity index (χ0v) is 16.9. The molecule has 0 spiro atoms. The van der Waals surface area contributed by atoms with E-state index < -0.39 is 5.97 Å². The number of pyridine rings is 2. The van der Waals surface area contributed by atoms with E-state index in [0.717, 1.165) is 5.56 Å². The lowest BCUT2D eigenvalue weighted by molar-refractivity contribution is 0.0693. The van der Waals surface area contributed by atoms with Crippen LogP contribution in [0, 0.1) is 0 Å². The van der Waals surface area contributed by atoms with Gasteiger partial charge in [0, 0.05) is 31.5 Å². The average Bonchev–Trinajstić information content (AvgIpc) is 2.79. The standard InChI is InChI=1S/C22H19N5O4/c1-27-12-25-17-10-16(14-3-4-15(22(29)30)18(9-14)31-2)26-20(19(17)21(27)28)24-11-13-5-7-23-8-6-13/h3-10,12H,11H2,1-2H3,(H,24,26)(H,29,30). The summed E-state index contributed by atoms with van der Waals surface area (Å²) < 4.78 is 6.62. The number of carboxylic acids is 1. The Balaban J connectivity index is 1.85. The fourth-order valence-electron chi connectivity index (χ4n) is 3.21. The number of nitrogens with one attached hydrogen (secondary N) is 1. The summed E-state index contributed by atoms with van der Waals surface area (Å²) in [7, 11) is 3.04. The molecule has 156 valence electrons. The molecule has 9 nitrogen and oxygen atoms in total. The van der Waals surface area contributed by atoms with Crippen LogP contribution in [0.1, 0.15) is 15.9 Å². The highest BCUT2D eigenvalue weighted by Crippen LogP contribution is 2.29. The van der Waals surface area contributed by atoms with Crippen LogP contribution >= 0.6 is 0 Å². The van der Waals surface area contributed by atoms with Crippen LogP contribution in [0.4, 0.5) is 5.82 Å². The van der Waals surface area contributed by atoms with Gasteiger partial charge in [-0.05, 0) is 35.9 Å². The molecule has 2 N–H and O–H groups in total. The molecular weight excluding hydrogens is 398 g/mol. The topological polar surface area (TPSA) is 119 Å². The number of aryl methyl sites for hydroxylation is 1. The van der Waals surface area contributed by atoms with Crippen LogP contribution in [0.15, 0.2) is 59.9 Å². The summed E-state index contributed by atoms with van der Waals surface area (Å²) in [6, 6.07) is 10.1. The molecule has 4 aromatic rings. The third-order valence-electron chi connectivity index (χ3n) is 4.84. The predicted octanol–water partition coefficient (Wildman–Crippen LogP) is 2.71. The van der Waals surface area contributed by atoms with Crippen LogP contribution in [0.25, 0.3) is 22.2 Å². The van der Waals surface area contributed by atoms with Gasteiger partial charge in [-0.15, -0.1) is 0 Å². The van der Waals surface area contributed by atoms with Crippen LogP contribution in [-0.2, 0) is 13.6 Å². The van der Waals surface area contributed by atoms with Gasteiger partial charge in [0.25, 0.3) is 5.56 Å². The highest BCUT2D eigenvalue weighted by Gasteiger charge is 2.16. The minimum Gasteiger partial charge on any atom is -0.496 e. The largest absolute Gasteiger partial charge is 0.496 e. The molecular formula is C22H19N5O4. The van der Waals surface area contributed by atoms with E-state index in [4.69, 9.17) is 4.74 Å². The minimum atomic E-state index is -1.08. The van der Waals surface area contributed by atoms with E-state index in [9.17, 15) is 14.7 Å². The molecule has 0 amide bonds. The highest BCUT2D eigenvalue weighted by molar-refractivity contribution is 5.93. The SMILES string of the molecule is COc1cc(-c2cc3ncn(C)c(=O)c3c(NCc3ccncc3)n2)ccc1C(=O)O. The summed E-state index contributed by atoms with van der Waals surface area (Å²) in [5.41, 5.74) is 2.45. The molecule has 31 heavy (non-hydrogen) atoms. The third kappa shape index (κ3) is 3.93. The molecule has 0 unspecified atom stereocenters. The number of ether oxygens (including phenoxy) is 1. The van der Waals surface area contributed by atoms with Crippen molar-refractivity contribution in [3.63, 3.8) is 0 Å². The first-order valence-electron chi connectivity index (χ1n) is 9.39. The van der Waals surface area contributed by atoms with Crippen molar-refractivity contribution in [2.75, 3.05) is 12.4 Å². The molecule has 0 aliphatic heterocycles. The number of anilines is 1. The Kier molecular flexibility index (Phi) is 5.31. The molecule has 0 atom stereocenters. The second-order valence-corrected chi connectivity index (χ2v) is 6.84. The maximum atomic E-state index is 12.8. The third-order valence-corrected chi connectivity index (χ3v) is 4.84. The number of benzene rings is 1. The number of aromatic carboxylic acids is 1. The van der Waals surface area contributed by atoms with Crippen molar-refractivity contribution in [3.8, 4) is 17.0 Å². The zero-order chi connectivity index (χ0) is 22.0. The van der Waals surface area contributed by atoms with E-state index in [1.165, 1.54) is 24.1 Å². The Hall–Kier alpha value is -4.27. The van der Waals surface area contributed by atoms with Crippen LogP contribution in [-0.4, -0.2) is 37.7 Å². The molecule has 0 radical (unpaired) electrons. The van der Waals surface area contributed by atoms with Crippen LogP contribution in [0.2, 0.25) is 0 Å². The monoisotopic (exact) mass is 417 g/mol. The first kappa shape index (κ1) is 20.0. The quantitative estimate of drug-likeness (QED) is 0.491. The van der Waals surface area contributed by atoms with Gasteiger partial charge in [0.1, 0.15) is 22.5 Å². The van der Waals surface area contributed by atoms with Gasteiger partial charge < -0.3 is 19.7 Å². The molecule has 1 aromatic carbocycles. The molecule has 0 aliphatic rings. The van der Waals surface area contributed by atoms with Gasteiger partial charge >= 0.3 is 5.97 Å². The number of fused-ring (bicyclic) bond motifs is 1. The van der Waals surface area contributed by atoms with Crippen molar-refractivity contribution in [2.24, 2.45) is 7.05 Å². The van der Waals surface area contributed by atoms with E-state index in [1.54, 1.807) is 37.6 Å². The van der Waals surface area contributed by atoms with E-state index >= 15 is 0 Å². The van der Waals surface area contributed by atoms with Gasteiger partial charge in [0.2, 0.25) is 0 Å². The van der Waals surface area contributed by atoms with Gasteiger partial charge in [0.15, 0.2) is 0 Å². The van der Waals surface area contributed by atoms with Crippen molar-refractivity contribution in [2.45, 2.75) is 6.54 Å². The van der Waals surface area contributed by atoms with E-state index in [1.807, 2.05) is 12.1 Å². The van der Waals surface area contributed by atoms with Crippen LogP contribution in [0.5, 0.6) is 5.75 Å². The summed E-state index contributed by atoms with van der Waals surface area (Å²) in [6.45, 7) is 0.438. The van der Waals surface area contributed by atoms with Crippen molar-refractivity contribution in [3.05, 3.63) is 76.6 Å². The molecule has 4 rings (SSSR count). The Morgan fingerprint density at radius 1 is 1.19 bits per heavy atom. The molecule has 0 saturated heterocycles. The van der Waals surface area contributed by atoms with Crippen LogP contribution < -0.4 is 15.6 Å². The normalized spacial score (nSPS) is 10.8. The van der Waals surface area contributed by atoms with Crippen molar-refractivity contribution in [1.82, 2.24) is 19.5 Å². The maximum absolute atomic E-state index is 12.8. The molecule has 9 heteroatoms. The molecule has 0 bridgehead atoms. The lowest BCUT2D eigenvalue weighted by Crippen LogP contribution is -2.19. The molecule has 0 fully saturated rings. The summed E-state index contributed by atoms with van der Waals surface area (Å²) in [4.78, 5) is 37.2. The van der Waals surface area contributed by atoms with E-state index in [-0.39, 0.29) is 16.9 Å². The number of hydrogen-bond donors (Lipinski definition) is 2. The van der Waals surface area contributed by atoms with Crippen molar-refractivity contribution in [1.29, 1.82) is 0 Å². The first-order chi connectivity index (χ1) is 15.0. The minimum absolute atomic E-state index is 0.0510. The second kappa shape index (κ2) is 8.23. The van der Waals surface area contributed by atoms with Gasteiger partial charge in [-0.3, -0.25) is 9.78 Å². The predicted molar refractivity (Wildman–Crippen MR) is 115 cm³/mol. The first-order valence-corrected chi connectivity index (χ1v) is 9.39. The summed E-state index contributed by atoms with van der Waals surface area (Å²) in [6.07, 6.45) is 4.83. The Morgan fingerprint density at radius 2 is 1.97 bits per heavy atom. The van der Waals surface area contributed by atoms with E-state index in [2.05, 4.69) is 20.3 Å². The lowest BCUT2D eigenvalue weighted by atomic mass is 10.1. The zero-order valence-electron chi connectivity index (χ0n) is 16.9. The van der Waals surface area contributed by atoms with Crippen molar-refractivity contribution >= 4 is 22.7 Å².